The monoisotopic (exact) mass is 345 g/mol. The van der Waals surface area contributed by atoms with Gasteiger partial charge in [-0.15, -0.1) is 0 Å². The lowest BCUT2D eigenvalue weighted by Gasteiger charge is -2.14. The van der Waals surface area contributed by atoms with Crippen molar-refractivity contribution in [3.8, 4) is 0 Å². The molecule has 0 saturated heterocycles. The summed E-state index contributed by atoms with van der Waals surface area (Å²) >= 11 is 0. The fourth-order valence-electron chi connectivity index (χ4n) is 2.79. The number of carboxylic acid groups (broad SMARTS) is 1. The highest BCUT2D eigenvalue weighted by atomic mass is 16.4. The molecule has 2 N–H and O–H groups in total. The van der Waals surface area contributed by atoms with Gasteiger partial charge in [-0.1, -0.05) is 78.9 Å². The molecule has 4 nitrogen and oxygen atoms in total. The lowest BCUT2D eigenvalue weighted by Crippen LogP contribution is -2.40. The van der Waals surface area contributed by atoms with Crippen LogP contribution in [-0.4, -0.2) is 23.0 Å². The number of carbonyl (C=O) groups is 2. The summed E-state index contributed by atoms with van der Waals surface area (Å²) in [4.78, 5) is 24.1. The molecule has 3 aromatic carbocycles. The first-order chi connectivity index (χ1) is 12.6. The predicted molar refractivity (Wildman–Crippen MR) is 103 cm³/mol. The summed E-state index contributed by atoms with van der Waals surface area (Å²) in [5.41, 5.74) is 1.46. The quantitative estimate of drug-likeness (QED) is 0.706. The van der Waals surface area contributed by atoms with E-state index < -0.39 is 12.0 Å². The molecule has 0 aliphatic rings. The highest BCUT2D eigenvalue weighted by Gasteiger charge is 2.20. The van der Waals surface area contributed by atoms with Crippen molar-refractivity contribution >= 4 is 28.7 Å². The van der Waals surface area contributed by atoms with Gasteiger partial charge in [0.2, 0.25) is 0 Å². The first kappa shape index (κ1) is 17.4. The summed E-state index contributed by atoms with van der Waals surface area (Å²) in [5, 5.41) is 13.8. The van der Waals surface area contributed by atoms with Gasteiger partial charge in [0.1, 0.15) is 6.04 Å². The minimum atomic E-state index is -1.06. The number of hydrogen-bond donors (Lipinski definition) is 2. The number of rotatable bonds is 6. The fraction of sp³-hybridized carbons (Fsp3) is 0.0909. The van der Waals surface area contributed by atoms with E-state index in [1.54, 1.807) is 18.2 Å². The summed E-state index contributed by atoms with van der Waals surface area (Å²) in [7, 11) is 0. The second kappa shape index (κ2) is 8.12. The third-order valence-corrected chi connectivity index (χ3v) is 4.12. The van der Waals surface area contributed by atoms with E-state index in [0.29, 0.717) is 5.56 Å². The van der Waals surface area contributed by atoms with Crippen molar-refractivity contribution in [2.75, 3.05) is 0 Å². The van der Waals surface area contributed by atoms with Crippen molar-refractivity contribution in [2.24, 2.45) is 0 Å². The van der Waals surface area contributed by atoms with Crippen molar-refractivity contribution in [3.05, 3.63) is 90.0 Å². The van der Waals surface area contributed by atoms with E-state index in [1.165, 1.54) is 0 Å². The lowest BCUT2D eigenvalue weighted by atomic mass is 10.0. The van der Waals surface area contributed by atoms with Gasteiger partial charge in [0.25, 0.3) is 5.91 Å². The molecule has 0 bridgehead atoms. The van der Waals surface area contributed by atoms with Gasteiger partial charge in [-0.3, -0.25) is 4.79 Å². The standard InChI is InChI=1S/C22H19NO3/c24-21(19-14-7-12-17-11-4-5-13-18(17)19)23-20(22(25)26)15-6-10-16-8-2-1-3-9-16/h1-14,20H,15H2,(H,23,24)(H,25,26)/b10-6+/t20-/m0/s1. The van der Waals surface area contributed by atoms with Gasteiger partial charge in [-0.2, -0.15) is 0 Å². The van der Waals surface area contributed by atoms with Crippen LogP contribution in [0.25, 0.3) is 16.8 Å². The van der Waals surface area contributed by atoms with Gasteiger partial charge >= 0.3 is 5.97 Å². The smallest absolute Gasteiger partial charge is 0.326 e. The summed E-state index contributed by atoms with van der Waals surface area (Å²) in [6.45, 7) is 0. The SMILES string of the molecule is O=C(N[C@@H](C/C=C/c1ccccc1)C(=O)O)c1cccc2ccccc12. The fourth-order valence-corrected chi connectivity index (χ4v) is 2.79. The molecular formula is C22H19NO3. The van der Waals surface area contributed by atoms with Crippen molar-refractivity contribution in [1.82, 2.24) is 5.32 Å². The van der Waals surface area contributed by atoms with Gasteiger partial charge in [0.05, 0.1) is 0 Å². The number of carboxylic acids is 1. The molecule has 1 amide bonds. The Bertz CT molecular complexity index is 943. The molecule has 0 aromatic heterocycles. The van der Waals surface area contributed by atoms with Gasteiger partial charge in [0.15, 0.2) is 0 Å². The first-order valence-electron chi connectivity index (χ1n) is 8.38. The molecule has 0 fully saturated rings. The Morgan fingerprint density at radius 1 is 0.923 bits per heavy atom. The van der Waals surface area contributed by atoms with Gasteiger partial charge in [0, 0.05) is 5.56 Å². The molecule has 0 aliphatic carbocycles. The van der Waals surface area contributed by atoms with Gasteiger partial charge < -0.3 is 10.4 Å². The first-order valence-corrected chi connectivity index (χ1v) is 8.38. The Morgan fingerprint density at radius 3 is 2.38 bits per heavy atom. The van der Waals surface area contributed by atoms with Crippen LogP contribution in [0.5, 0.6) is 0 Å². The Hall–Kier alpha value is -3.40. The molecule has 3 aromatic rings. The maximum absolute atomic E-state index is 12.6. The molecule has 0 saturated carbocycles. The molecule has 1 atom stereocenters. The van der Waals surface area contributed by atoms with Crippen molar-refractivity contribution < 1.29 is 14.7 Å². The number of fused-ring (bicyclic) bond motifs is 1. The van der Waals surface area contributed by atoms with E-state index in [4.69, 9.17) is 0 Å². The van der Waals surface area contributed by atoms with E-state index in [-0.39, 0.29) is 12.3 Å². The van der Waals surface area contributed by atoms with Gasteiger partial charge in [-0.05, 0) is 28.8 Å². The third-order valence-electron chi connectivity index (χ3n) is 4.12. The van der Waals surface area contributed by atoms with Crippen LogP contribution >= 0.6 is 0 Å². The Labute approximate surface area is 151 Å². The molecule has 0 radical (unpaired) electrons. The average Bonchev–Trinajstić information content (AvgIpc) is 2.67. The minimum Gasteiger partial charge on any atom is -0.480 e. The lowest BCUT2D eigenvalue weighted by molar-refractivity contribution is -0.139. The van der Waals surface area contributed by atoms with Gasteiger partial charge in [-0.25, -0.2) is 4.79 Å². The molecule has 130 valence electrons. The molecule has 4 heteroatoms. The highest BCUT2D eigenvalue weighted by molar-refractivity contribution is 6.07. The zero-order valence-corrected chi connectivity index (χ0v) is 14.1. The number of carbonyl (C=O) groups excluding carboxylic acids is 1. The zero-order chi connectivity index (χ0) is 18.4. The second-order valence-electron chi connectivity index (χ2n) is 5.94. The topological polar surface area (TPSA) is 66.4 Å². The van der Waals surface area contributed by atoms with Crippen LogP contribution in [0.2, 0.25) is 0 Å². The van der Waals surface area contributed by atoms with Crippen LogP contribution in [0, 0.1) is 0 Å². The van der Waals surface area contributed by atoms with E-state index in [1.807, 2.05) is 66.7 Å². The van der Waals surface area contributed by atoms with Crippen LogP contribution in [0.3, 0.4) is 0 Å². The number of aliphatic carboxylic acids is 1. The molecule has 0 aliphatic heterocycles. The maximum atomic E-state index is 12.6. The number of hydrogen-bond acceptors (Lipinski definition) is 2. The van der Waals surface area contributed by atoms with E-state index in [9.17, 15) is 14.7 Å². The summed E-state index contributed by atoms with van der Waals surface area (Å²) < 4.78 is 0. The largest absolute Gasteiger partial charge is 0.480 e. The summed E-state index contributed by atoms with van der Waals surface area (Å²) in [5.74, 6) is -1.45. The van der Waals surface area contributed by atoms with E-state index in [0.717, 1.165) is 16.3 Å². The number of nitrogens with one attached hydrogen (secondary N) is 1. The third kappa shape index (κ3) is 4.16. The molecule has 0 spiro atoms. The number of amides is 1. The van der Waals surface area contributed by atoms with Crippen LogP contribution in [0.15, 0.2) is 78.9 Å². The highest BCUT2D eigenvalue weighted by Crippen LogP contribution is 2.18. The molecule has 3 rings (SSSR count). The van der Waals surface area contributed by atoms with E-state index in [2.05, 4.69) is 5.32 Å². The van der Waals surface area contributed by atoms with Crippen LogP contribution in [-0.2, 0) is 4.79 Å². The Kier molecular flexibility index (Phi) is 5.44. The summed E-state index contributed by atoms with van der Waals surface area (Å²) in [6, 6.07) is 21.6. The molecule has 0 heterocycles. The molecular weight excluding hydrogens is 326 g/mol. The van der Waals surface area contributed by atoms with Crippen molar-refractivity contribution in [1.29, 1.82) is 0 Å². The maximum Gasteiger partial charge on any atom is 0.326 e. The minimum absolute atomic E-state index is 0.209. The summed E-state index contributed by atoms with van der Waals surface area (Å²) in [6.07, 6.45) is 3.82. The zero-order valence-electron chi connectivity index (χ0n) is 14.1. The predicted octanol–water partition coefficient (Wildman–Crippen LogP) is 4.13. The van der Waals surface area contributed by atoms with Crippen LogP contribution in [0.4, 0.5) is 0 Å². The Balaban J connectivity index is 1.74. The van der Waals surface area contributed by atoms with Crippen molar-refractivity contribution in [3.63, 3.8) is 0 Å². The van der Waals surface area contributed by atoms with Crippen LogP contribution in [0.1, 0.15) is 22.3 Å². The van der Waals surface area contributed by atoms with E-state index >= 15 is 0 Å². The average molecular weight is 345 g/mol. The number of benzene rings is 3. The van der Waals surface area contributed by atoms with Crippen molar-refractivity contribution in [2.45, 2.75) is 12.5 Å². The molecule has 0 unspecified atom stereocenters. The molecule has 26 heavy (non-hydrogen) atoms. The van der Waals surface area contributed by atoms with Crippen LogP contribution < -0.4 is 5.32 Å². The second-order valence-corrected chi connectivity index (χ2v) is 5.94. The normalized spacial score (nSPS) is 12.2. The Morgan fingerprint density at radius 2 is 1.62 bits per heavy atom.